The van der Waals surface area contributed by atoms with Crippen LogP contribution in [0.3, 0.4) is 0 Å². The molecule has 0 fully saturated rings. The van der Waals surface area contributed by atoms with Gasteiger partial charge >= 0.3 is 0 Å². The highest BCUT2D eigenvalue weighted by Crippen LogP contribution is 2.21. The van der Waals surface area contributed by atoms with Crippen molar-refractivity contribution in [2.24, 2.45) is 4.99 Å². The molecule has 1 heterocycles. The Bertz CT molecular complexity index is 696. The fourth-order valence-electron chi connectivity index (χ4n) is 2.11. The molecule has 19 heavy (non-hydrogen) atoms. The Morgan fingerprint density at radius 3 is 2.63 bits per heavy atom. The summed E-state index contributed by atoms with van der Waals surface area (Å²) in [7, 11) is 1.79. The third-order valence-electron chi connectivity index (χ3n) is 2.93. The highest BCUT2D eigenvalue weighted by atomic mass is 35.5. The van der Waals surface area contributed by atoms with E-state index in [-0.39, 0.29) is 0 Å². The molecule has 0 spiro atoms. The number of hydrogen-bond acceptors (Lipinski definition) is 1. The largest absolute Gasteiger partial charge is 0.306 e. The molecule has 0 aliphatic carbocycles. The summed E-state index contributed by atoms with van der Waals surface area (Å²) in [6.07, 6.45) is 2.04. The van der Waals surface area contributed by atoms with Gasteiger partial charge in [0.05, 0.1) is 0 Å². The molecule has 0 saturated carbocycles. The van der Waals surface area contributed by atoms with Gasteiger partial charge in [-0.3, -0.25) is 4.99 Å². The Hall–Kier alpha value is -1.80. The van der Waals surface area contributed by atoms with Crippen molar-refractivity contribution in [2.45, 2.75) is 13.8 Å². The molecule has 2 nitrogen and oxygen atoms in total. The number of aryl methyl sites for hydroxylation is 1. The summed E-state index contributed by atoms with van der Waals surface area (Å²) < 4.78 is 2.01. The Labute approximate surface area is 118 Å². The predicted octanol–water partition coefficient (Wildman–Crippen LogP) is 4.14. The number of hydrogen-bond donors (Lipinski definition) is 0. The summed E-state index contributed by atoms with van der Waals surface area (Å²) in [6.45, 7) is 8.03. The molecule has 0 atom stereocenters. The molecule has 1 aromatic carbocycles. The first kappa shape index (κ1) is 13.6. The van der Waals surface area contributed by atoms with Crippen molar-refractivity contribution < 1.29 is 0 Å². The summed E-state index contributed by atoms with van der Waals surface area (Å²) in [5.41, 5.74) is 5.11. The molecule has 0 aliphatic rings. The van der Waals surface area contributed by atoms with Gasteiger partial charge in [0.25, 0.3) is 0 Å². The highest BCUT2D eigenvalue weighted by molar-refractivity contribution is 6.30. The van der Waals surface area contributed by atoms with Crippen LogP contribution in [0.25, 0.3) is 16.8 Å². The van der Waals surface area contributed by atoms with Crippen LogP contribution in [0, 0.1) is 6.92 Å². The van der Waals surface area contributed by atoms with Gasteiger partial charge in [0.15, 0.2) is 0 Å². The maximum absolute atomic E-state index is 6.08. The van der Waals surface area contributed by atoms with E-state index in [9.17, 15) is 0 Å². The number of aromatic nitrogens is 1. The zero-order valence-electron chi connectivity index (χ0n) is 11.4. The molecule has 0 radical (unpaired) electrons. The number of benzene rings is 1. The molecule has 0 saturated heterocycles. The van der Waals surface area contributed by atoms with Gasteiger partial charge in [0.2, 0.25) is 0 Å². The van der Waals surface area contributed by atoms with E-state index in [0.717, 1.165) is 32.9 Å². The van der Waals surface area contributed by atoms with Crippen LogP contribution >= 0.6 is 11.6 Å². The lowest BCUT2D eigenvalue weighted by atomic mass is 10.1. The van der Waals surface area contributed by atoms with E-state index in [2.05, 4.69) is 24.6 Å². The molecule has 2 aromatic rings. The molecule has 2 rings (SSSR count). The lowest BCUT2D eigenvalue weighted by Gasteiger charge is -2.13. The van der Waals surface area contributed by atoms with Crippen molar-refractivity contribution in [3.63, 3.8) is 0 Å². The minimum atomic E-state index is 0.725. The molecule has 98 valence electrons. The van der Waals surface area contributed by atoms with Gasteiger partial charge < -0.3 is 4.57 Å². The summed E-state index contributed by atoms with van der Waals surface area (Å²) in [5.74, 6) is 0. The first-order chi connectivity index (χ1) is 9.02. The zero-order valence-corrected chi connectivity index (χ0v) is 12.2. The topological polar surface area (TPSA) is 17.3 Å². The van der Waals surface area contributed by atoms with Crippen LogP contribution in [0.15, 0.2) is 48.1 Å². The predicted molar refractivity (Wildman–Crippen MR) is 82.1 cm³/mol. The van der Waals surface area contributed by atoms with Gasteiger partial charge in [0.1, 0.15) is 5.49 Å². The van der Waals surface area contributed by atoms with E-state index < -0.39 is 0 Å². The fourth-order valence-corrected chi connectivity index (χ4v) is 2.30. The molecule has 3 heteroatoms. The lowest BCUT2D eigenvalue weighted by Crippen LogP contribution is -2.21. The van der Waals surface area contributed by atoms with Crippen LogP contribution in [0.2, 0.25) is 5.02 Å². The number of rotatable bonds is 2. The molecule has 0 aliphatic heterocycles. The second kappa shape index (κ2) is 5.45. The van der Waals surface area contributed by atoms with Crippen molar-refractivity contribution in [3.05, 3.63) is 59.2 Å². The Morgan fingerprint density at radius 1 is 1.32 bits per heavy atom. The molecule has 1 aromatic heterocycles. The van der Waals surface area contributed by atoms with Crippen LogP contribution in [0.1, 0.15) is 12.5 Å². The first-order valence-corrected chi connectivity index (χ1v) is 6.48. The van der Waals surface area contributed by atoms with Gasteiger partial charge in [-0.25, -0.2) is 0 Å². The van der Waals surface area contributed by atoms with E-state index in [1.807, 2.05) is 42.0 Å². The van der Waals surface area contributed by atoms with Crippen LogP contribution in [0.5, 0.6) is 0 Å². The molecule has 0 amide bonds. The van der Waals surface area contributed by atoms with Crippen molar-refractivity contribution >= 4 is 17.3 Å². The molecular weight excluding hydrogens is 256 g/mol. The molecule has 0 unspecified atom stereocenters. The van der Waals surface area contributed by atoms with E-state index in [4.69, 9.17) is 11.6 Å². The summed E-state index contributed by atoms with van der Waals surface area (Å²) in [6, 6.07) is 9.93. The Kier molecular flexibility index (Phi) is 3.91. The number of nitrogens with zero attached hydrogens (tertiary/aromatic N) is 2. The molecule has 0 N–H and O–H groups in total. The number of pyridine rings is 1. The van der Waals surface area contributed by atoms with E-state index in [1.165, 1.54) is 0 Å². The zero-order chi connectivity index (χ0) is 14.0. The van der Waals surface area contributed by atoms with Crippen LogP contribution < -0.4 is 5.49 Å². The van der Waals surface area contributed by atoms with Crippen LogP contribution in [-0.4, -0.2) is 11.6 Å². The maximum atomic E-state index is 6.08. The summed E-state index contributed by atoms with van der Waals surface area (Å²) >= 11 is 6.08. The van der Waals surface area contributed by atoms with Gasteiger partial charge in [0, 0.05) is 29.5 Å². The monoisotopic (exact) mass is 272 g/mol. The smallest absolute Gasteiger partial charge is 0.139 e. The van der Waals surface area contributed by atoms with Crippen molar-refractivity contribution in [3.8, 4) is 11.1 Å². The summed E-state index contributed by atoms with van der Waals surface area (Å²) in [5, 5.41) is 0.725. The van der Waals surface area contributed by atoms with Gasteiger partial charge in [-0.05, 0) is 43.2 Å². The van der Waals surface area contributed by atoms with Gasteiger partial charge in [-0.1, -0.05) is 30.3 Å². The van der Waals surface area contributed by atoms with Crippen molar-refractivity contribution in [2.75, 3.05) is 7.05 Å². The second-order valence-corrected chi connectivity index (χ2v) is 5.03. The maximum Gasteiger partial charge on any atom is 0.139 e. The fraction of sp³-hybridized carbons (Fsp3) is 0.188. The normalized spacial score (nSPS) is 11.7. The average Bonchev–Trinajstić information content (AvgIpc) is 2.37. The Balaban J connectivity index is 2.80. The van der Waals surface area contributed by atoms with Crippen LogP contribution in [-0.2, 0) is 0 Å². The highest BCUT2D eigenvalue weighted by Gasteiger charge is 2.06. The minimum absolute atomic E-state index is 0.725. The molecular formula is C16H17ClN2. The van der Waals surface area contributed by atoms with E-state index in [0.29, 0.717) is 0 Å². The van der Waals surface area contributed by atoms with Crippen molar-refractivity contribution in [1.82, 2.24) is 4.57 Å². The number of allylic oxidation sites excluding steroid dienone is 1. The average molecular weight is 273 g/mol. The van der Waals surface area contributed by atoms with Gasteiger partial charge in [-0.2, -0.15) is 0 Å². The third kappa shape index (κ3) is 2.79. The SMILES string of the molecule is C=C(C)n1cc(C)cc(-c2cccc(Cl)c2)c1=NC. The van der Waals surface area contributed by atoms with E-state index >= 15 is 0 Å². The number of halogens is 1. The van der Waals surface area contributed by atoms with Crippen LogP contribution in [0.4, 0.5) is 0 Å². The van der Waals surface area contributed by atoms with E-state index in [1.54, 1.807) is 7.05 Å². The lowest BCUT2D eigenvalue weighted by molar-refractivity contribution is 0.948. The standard InChI is InChI=1S/C16H17ClN2/c1-11(2)19-10-12(3)8-15(16(19)18-4)13-6-5-7-14(17)9-13/h5-10H,1H2,2-4H3. The quantitative estimate of drug-likeness (QED) is 0.782. The third-order valence-corrected chi connectivity index (χ3v) is 3.17. The first-order valence-electron chi connectivity index (χ1n) is 6.11. The van der Waals surface area contributed by atoms with Gasteiger partial charge in [-0.15, -0.1) is 0 Å². The Morgan fingerprint density at radius 2 is 2.05 bits per heavy atom. The second-order valence-electron chi connectivity index (χ2n) is 4.59. The minimum Gasteiger partial charge on any atom is -0.306 e. The summed E-state index contributed by atoms with van der Waals surface area (Å²) in [4.78, 5) is 4.40. The van der Waals surface area contributed by atoms with Crippen molar-refractivity contribution in [1.29, 1.82) is 0 Å². The molecule has 0 bridgehead atoms.